The SMILES string of the molecule is Fc1ccc(NC(=S)NCCCn2nc(C(F)(F)F)cc2C2CC2)cc1Cl. The quantitative estimate of drug-likeness (QED) is 0.394. The molecular formula is C17H17ClF4N4S. The van der Waals surface area contributed by atoms with Crippen LogP contribution in [0.25, 0.3) is 0 Å². The number of benzene rings is 1. The van der Waals surface area contributed by atoms with Crippen LogP contribution < -0.4 is 10.6 Å². The van der Waals surface area contributed by atoms with Gasteiger partial charge in [0, 0.05) is 30.4 Å². The summed E-state index contributed by atoms with van der Waals surface area (Å²) in [7, 11) is 0. The molecule has 0 atom stereocenters. The summed E-state index contributed by atoms with van der Waals surface area (Å²) in [6, 6.07) is 5.28. The molecule has 0 spiro atoms. The summed E-state index contributed by atoms with van der Waals surface area (Å²) in [5, 5.41) is 9.83. The van der Waals surface area contributed by atoms with Crippen molar-refractivity contribution in [3.05, 3.63) is 46.5 Å². The Morgan fingerprint density at radius 2 is 2.04 bits per heavy atom. The second kappa shape index (κ2) is 8.02. The number of aryl methyl sites for hydroxylation is 1. The second-order valence-corrected chi connectivity index (χ2v) is 7.13. The number of anilines is 1. The molecule has 1 aliphatic rings. The van der Waals surface area contributed by atoms with Crippen molar-refractivity contribution in [2.24, 2.45) is 0 Å². The molecule has 2 N–H and O–H groups in total. The second-order valence-electron chi connectivity index (χ2n) is 6.31. The Balaban J connectivity index is 1.49. The van der Waals surface area contributed by atoms with Gasteiger partial charge in [0.05, 0.1) is 5.02 Å². The molecule has 1 saturated carbocycles. The summed E-state index contributed by atoms with van der Waals surface area (Å²) < 4.78 is 53.2. The third kappa shape index (κ3) is 5.32. The van der Waals surface area contributed by atoms with E-state index < -0.39 is 17.7 Å². The zero-order valence-electron chi connectivity index (χ0n) is 14.1. The molecule has 1 heterocycles. The molecule has 4 nitrogen and oxygen atoms in total. The minimum absolute atomic E-state index is 0.0189. The molecule has 146 valence electrons. The topological polar surface area (TPSA) is 41.9 Å². The Labute approximate surface area is 163 Å². The molecule has 0 saturated heterocycles. The van der Waals surface area contributed by atoms with Crippen LogP contribution in [0.2, 0.25) is 5.02 Å². The Morgan fingerprint density at radius 3 is 2.67 bits per heavy atom. The van der Waals surface area contributed by atoms with Crippen molar-refractivity contribution >= 4 is 34.6 Å². The van der Waals surface area contributed by atoms with E-state index in [0.717, 1.165) is 18.9 Å². The molecule has 3 rings (SSSR count). The summed E-state index contributed by atoms with van der Waals surface area (Å²) in [4.78, 5) is 0. The van der Waals surface area contributed by atoms with Crippen LogP contribution in [0.15, 0.2) is 24.3 Å². The summed E-state index contributed by atoms with van der Waals surface area (Å²) in [6.07, 6.45) is -2.09. The third-order valence-corrected chi connectivity index (χ3v) is 4.64. The molecule has 0 aliphatic heterocycles. The van der Waals surface area contributed by atoms with E-state index in [-0.39, 0.29) is 10.9 Å². The van der Waals surface area contributed by atoms with Gasteiger partial charge in [-0.25, -0.2) is 4.39 Å². The van der Waals surface area contributed by atoms with Crippen LogP contribution in [0.1, 0.15) is 36.6 Å². The lowest BCUT2D eigenvalue weighted by molar-refractivity contribution is -0.141. The molecule has 1 fully saturated rings. The number of thiocarbonyl (C=S) groups is 1. The van der Waals surface area contributed by atoms with Crippen LogP contribution in [0, 0.1) is 5.82 Å². The highest BCUT2D eigenvalue weighted by Crippen LogP contribution is 2.42. The highest BCUT2D eigenvalue weighted by Gasteiger charge is 2.37. The standard InChI is InChI=1S/C17H17ClF4N4S/c18-12-8-11(4-5-13(12)19)24-16(27)23-6-1-7-26-14(10-2-3-10)9-15(25-26)17(20,21)22/h4-5,8-10H,1-3,6-7H2,(H2,23,24,27). The number of nitrogens with one attached hydrogen (secondary N) is 2. The number of nitrogens with zero attached hydrogens (tertiary/aromatic N) is 2. The predicted molar refractivity (Wildman–Crippen MR) is 99.5 cm³/mol. The first kappa shape index (κ1) is 19.9. The van der Waals surface area contributed by atoms with Gasteiger partial charge in [-0.05, 0) is 55.7 Å². The van der Waals surface area contributed by atoms with Crippen molar-refractivity contribution in [2.45, 2.75) is 37.9 Å². The fraction of sp³-hybridized carbons (Fsp3) is 0.412. The Morgan fingerprint density at radius 1 is 1.30 bits per heavy atom. The number of rotatable bonds is 6. The number of aromatic nitrogens is 2. The van der Waals surface area contributed by atoms with E-state index in [1.807, 2.05) is 0 Å². The van der Waals surface area contributed by atoms with Gasteiger partial charge in [0.15, 0.2) is 10.8 Å². The van der Waals surface area contributed by atoms with Crippen molar-refractivity contribution in [1.29, 1.82) is 0 Å². The number of halogens is 5. The molecule has 27 heavy (non-hydrogen) atoms. The summed E-state index contributed by atoms with van der Waals surface area (Å²) in [5.74, 6) is -0.350. The van der Waals surface area contributed by atoms with Crippen LogP contribution in [0.5, 0.6) is 0 Å². The largest absolute Gasteiger partial charge is 0.435 e. The molecule has 1 aromatic carbocycles. The van der Waals surface area contributed by atoms with E-state index in [2.05, 4.69) is 15.7 Å². The van der Waals surface area contributed by atoms with E-state index in [1.165, 1.54) is 22.9 Å². The van der Waals surface area contributed by atoms with E-state index in [9.17, 15) is 17.6 Å². The molecular weight excluding hydrogens is 404 g/mol. The first-order valence-corrected chi connectivity index (χ1v) is 9.17. The first-order valence-electron chi connectivity index (χ1n) is 8.39. The molecule has 0 radical (unpaired) electrons. The maximum absolute atomic E-state index is 13.1. The van der Waals surface area contributed by atoms with Gasteiger partial charge >= 0.3 is 6.18 Å². The molecule has 0 bridgehead atoms. The van der Waals surface area contributed by atoms with Crippen LogP contribution in [-0.2, 0) is 12.7 Å². The number of hydrogen-bond acceptors (Lipinski definition) is 2. The monoisotopic (exact) mass is 420 g/mol. The van der Waals surface area contributed by atoms with Gasteiger partial charge in [-0.1, -0.05) is 11.6 Å². The Hall–Kier alpha value is -1.87. The maximum Gasteiger partial charge on any atom is 0.435 e. The van der Waals surface area contributed by atoms with Gasteiger partial charge in [0.1, 0.15) is 5.82 Å². The minimum atomic E-state index is -4.44. The first-order chi connectivity index (χ1) is 12.7. The molecule has 1 aromatic heterocycles. The van der Waals surface area contributed by atoms with Crippen LogP contribution in [0.3, 0.4) is 0 Å². The van der Waals surface area contributed by atoms with Crippen LogP contribution in [-0.4, -0.2) is 21.4 Å². The fourth-order valence-corrected chi connectivity index (χ4v) is 3.04. The third-order valence-electron chi connectivity index (χ3n) is 4.11. The van der Waals surface area contributed by atoms with Crippen molar-refractivity contribution in [3.63, 3.8) is 0 Å². The zero-order chi connectivity index (χ0) is 19.6. The lowest BCUT2D eigenvalue weighted by Gasteiger charge is -2.12. The van der Waals surface area contributed by atoms with Crippen molar-refractivity contribution in [2.75, 3.05) is 11.9 Å². The average molecular weight is 421 g/mol. The maximum atomic E-state index is 13.1. The molecule has 10 heteroatoms. The predicted octanol–water partition coefficient (Wildman–Crippen LogP) is 4.95. The number of alkyl halides is 3. The van der Waals surface area contributed by atoms with Gasteiger partial charge in [-0.15, -0.1) is 0 Å². The number of hydrogen-bond donors (Lipinski definition) is 2. The van der Waals surface area contributed by atoms with Gasteiger partial charge in [0.25, 0.3) is 0 Å². The molecule has 0 unspecified atom stereocenters. The van der Waals surface area contributed by atoms with E-state index in [4.69, 9.17) is 23.8 Å². The van der Waals surface area contributed by atoms with E-state index in [1.54, 1.807) is 0 Å². The van der Waals surface area contributed by atoms with Gasteiger partial charge in [-0.3, -0.25) is 4.68 Å². The minimum Gasteiger partial charge on any atom is -0.362 e. The van der Waals surface area contributed by atoms with Gasteiger partial charge in [0.2, 0.25) is 0 Å². The lowest BCUT2D eigenvalue weighted by Crippen LogP contribution is -2.30. The van der Waals surface area contributed by atoms with Crippen LogP contribution in [0.4, 0.5) is 23.2 Å². The van der Waals surface area contributed by atoms with E-state index >= 15 is 0 Å². The Kier molecular flexibility index (Phi) is 5.90. The van der Waals surface area contributed by atoms with Crippen LogP contribution >= 0.6 is 23.8 Å². The zero-order valence-corrected chi connectivity index (χ0v) is 15.7. The fourth-order valence-electron chi connectivity index (χ4n) is 2.64. The summed E-state index contributed by atoms with van der Waals surface area (Å²) in [6.45, 7) is 0.811. The Bertz CT molecular complexity index is 833. The summed E-state index contributed by atoms with van der Waals surface area (Å²) >= 11 is 10.8. The molecule has 1 aliphatic carbocycles. The van der Waals surface area contributed by atoms with Crippen molar-refractivity contribution in [1.82, 2.24) is 15.1 Å². The van der Waals surface area contributed by atoms with Gasteiger partial charge < -0.3 is 10.6 Å². The highest BCUT2D eigenvalue weighted by atomic mass is 35.5. The van der Waals surface area contributed by atoms with Crippen molar-refractivity contribution in [3.8, 4) is 0 Å². The lowest BCUT2D eigenvalue weighted by atomic mass is 10.2. The van der Waals surface area contributed by atoms with Crippen molar-refractivity contribution < 1.29 is 17.6 Å². The average Bonchev–Trinajstić information content (AvgIpc) is 3.33. The van der Waals surface area contributed by atoms with E-state index in [0.29, 0.717) is 36.0 Å². The highest BCUT2D eigenvalue weighted by molar-refractivity contribution is 7.80. The van der Waals surface area contributed by atoms with Gasteiger partial charge in [-0.2, -0.15) is 18.3 Å². The summed E-state index contributed by atoms with van der Waals surface area (Å²) in [5.41, 5.74) is 0.337. The molecule has 0 amide bonds. The smallest absolute Gasteiger partial charge is 0.362 e. The normalized spacial score (nSPS) is 14.3. The molecule has 2 aromatic rings.